The lowest BCUT2D eigenvalue weighted by molar-refractivity contribution is -0.0509. The molecular weight excluding hydrogens is 320 g/mol. The smallest absolute Gasteiger partial charge is 0.143 e. The quantitative estimate of drug-likeness (QED) is 0.608. The number of benzene rings is 3. The highest BCUT2D eigenvalue weighted by Crippen LogP contribution is 2.40. The molecule has 0 fully saturated rings. The second-order valence-electron chi connectivity index (χ2n) is 6.45. The van der Waals surface area contributed by atoms with Crippen LogP contribution in [0.15, 0.2) is 91.0 Å². The largest absolute Gasteiger partial charge is 0.390 e. The molecule has 3 aromatic carbocycles. The van der Waals surface area contributed by atoms with Crippen LogP contribution in [0.5, 0.6) is 0 Å². The van der Waals surface area contributed by atoms with E-state index in [1.807, 2.05) is 91.0 Å². The van der Waals surface area contributed by atoms with Crippen LogP contribution in [-0.2, 0) is 10.3 Å². The number of rotatable bonds is 7. The summed E-state index contributed by atoms with van der Waals surface area (Å²) in [6, 6.07) is 29.4. The molecule has 0 radical (unpaired) electrons. The average molecular weight is 349 g/mol. The van der Waals surface area contributed by atoms with Gasteiger partial charge in [0.15, 0.2) is 0 Å². The minimum Gasteiger partial charge on any atom is -0.390 e. The summed E-state index contributed by atoms with van der Waals surface area (Å²) in [6.45, 7) is -0.841. The number of ether oxygens (including phenoxy) is 1. The summed E-state index contributed by atoms with van der Waals surface area (Å²) < 4.78 is 29.3. The third-order valence-corrected chi connectivity index (χ3v) is 4.59. The van der Waals surface area contributed by atoms with Crippen molar-refractivity contribution in [2.75, 3.05) is 6.61 Å². The molecule has 1 N–H and O–H groups in total. The molecule has 0 aliphatic rings. The van der Waals surface area contributed by atoms with Crippen LogP contribution < -0.4 is 0 Å². The average Bonchev–Trinajstić information content (AvgIpc) is 2.75. The predicted molar refractivity (Wildman–Crippen MR) is 106 cm³/mol. The van der Waals surface area contributed by atoms with Gasteiger partial charge < -0.3 is 9.84 Å². The molecule has 26 heavy (non-hydrogen) atoms. The predicted octanol–water partition coefficient (Wildman–Crippen LogP) is 5.01. The monoisotopic (exact) mass is 349 g/mol. The van der Waals surface area contributed by atoms with E-state index in [0.29, 0.717) is 0 Å². The lowest BCUT2D eigenvalue weighted by Gasteiger charge is -2.37. The summed E-state index contributed by atoms with van der Waals surface area (Å²) in [6.07, 6.45) is -1.13. The van der Waals surface area contributed by atoms with Crippen molar-refractivity contribution in [3.8, 4) is 0 Å². The molecule has 1 unspecified atom stereocenters. The molecular formula is C24H26O2. The first-order valence-electron chi connectivity index (χ1n) is 10.3. The highest BCUT2D eigenvalue weighted by atomic mass is 16.5. The van der Waals surface area contributed by atoms with Crippen LogP contribution in [0, 0.1) is 5.92 Å². The van der Waals surface area contributed by atoms with Crippen molar-refractivity contribution in [2.24, 2.45) is 5.92 Å². The Morgan fingerprint density at radius 1 is 0.808 bits per heavy atom. The van der Waals surface area contributed by atoms with Crippen molar-refractivity contribution in [1.82, 2.24) is 0 Å². The van der Waals surface area contributed by atoms with Gasteiger partial charge in [-0.05, 0) is 22.6 Å². The van der Waals surface area contributed by atoms with Gasteiger partial charge in [0, 0.05) is 4.11 Å². The fourth-order valence-electron chi connectivity index (χ4n) is 3.12. The third kappa shape index (κ3) is 3.72. The summed E-state index contributed by atoms with van der Waals surface area (Å²) in [7, 11) is 0. The zero-order valence-electron chi connectivity index (χ0n) is 17.9. The Kier molecular flexibility index (Phi) is 4.70. The van der Waals surface area contributed by atoms with Crippen molar-refractivity contribution >= 4 is 0 Å². The van der Waals surface area contributed by atoms with Crippen LogP contribution >= 0.6 is 0 Å². The van der Waals surface area contributed by atoms with E-state index in [-0.39, 0.29) is 6.61 Å². The fourth-order valence-corrected chi connectivity index (χ4v) is 3.12. The SMILES string of the molecule is [2H]C([2H])([2H])C(C)[C@@H](O)COC(c1ccccc1)(c1ccccc1)c1ccccc1. The zero-order valence-corrected chi connectivity index (χ0v) is 14.9. The Morgan fingerprint density at radius 3 is 1.54 bits per heavy atom. The summed E-state index contributed by atoms with van der Waals surface area (Å²) in [5.41, 5.74) is 1.75. The van der Waals surface area contributed by atoms with Gasteiger partial charge in [0.05, 0.1) is 12.7 Å². The molecule has 0 aliphatic heterocycles. The molecule has 0 amide bonds. The van der Waals surface area contributed by atoms with E-state index in [9.17, 15) is 5.11 Å². The molecule has 3 rings (SSSR count). The maximum absolute atomic E-state index is 10.6. The van der Waals surface area contributed by atoms with Crippen LogP contribution in [0.25, 0.3) is 0 Å². The topological polar surface area (TPSA) is 29.5 Å². The number of aliphatic hydroxyl groups excluding tert-OH is 1. The van der Waals surface area contributed by atoms with Crippen molar-refractivity contribution in [3.63, 3.8) is 0 Å². The summed E-state index contributed by atoms with van der Waals surface area (Å²) >= 11 is 0. The van der Waals surface area contributed by atoms with Gasteiger partial charge >= 0.3 is 0 Å². The van der Waals surface area contributed by atoms with Crippen molar-refractivity contribution in [3.05, 3.63) is 108 Å². The van der Waals surface area contributed by atoms with Gasteiger partial charge in [0.25, 0.3) is 0 Å². The van der Waals surface area contributed by atoms with Crippen LogP contribution in [0.2, 0.25) is 0 Å². The minimum absolute atomic E-state index is 0.113. The Balaban J connectivity index is 2.10. The minimum atomic E-state index is -2.25. The van der Waals surface area contributed by atoms with Crippen LogP contribution in [0.1, 0.15) is 34.6 Å². The van der Waals surface area contributed by atoms with E-state index in [2.05, 4.69) is 0 Å². The van der Waals surface area contributed by atoms with E-state index in [4.69, 9.17) is 8.85 Å². The maximum atomic E-state index is 10.6. The van der Waals surface area contributed by atoms with Crippen LogP contribution in [-0.4, -0.2) is 17.8 Å². The van der Waals surface area contributed by atoms with Crippen molar-refractivity contribution in [2.45, 2.75) is 25.5 Å². The lowest BCUT2D eigenvalue weighted by atomic mass is 9.80. The van der Waals surface area contributed by atoms with E-state index in [0.717, 1.165) is 16.7 Å². The van der Waals surface area contributed by atoms with E-state index < -0.39 is 24.5 Å². The maximum Gasteiger partial charge on any atom is 0.143 e. The molecule has 0 bridgehead atoms. The normalized spacial score (nSPS) is 16.2. The fraction of sp³-hybridized carbons (Fsp3) is 0.250. The molecule has 0 aliphatic carbocycles. The molecule has 0 aromatic heterocycles. The van der Waals surface area contributed by atoms with Crippen LogP contribution in [0.3, 0.4) is 0 Å². The number of aliphatic hydroxyl groups is 1. The Hall–Kier alpha value is -2.42. The van der Waals surface area contributed by atoms with Gasteiger partial charge in [-0.25, -0.2) is 0 Å². The molecule has 0 saturated heterocycles. The first kappa shape index (κ1) is 14.7. The summed E-state index contributed by atoms with van der Waals surface area (Å²) in [4.78, 5) is 0. The highest BCUT2D eigenvalue weighted by molar-refractivity contribution is 5.47. The highest BCUT2D eigenvalue weighted by Gasteiger charge is 2.38. The second-order valence-corrected chi connectivity index (χ2v) is 6.45. The Bertz CT molecular complexity index is 784. The molecule has 2 atom stereocenters. The van der Waals surface area contributed by atoms with Gasteiger partial charge in [-0.3, -0.25) is 0 Å². The van der Waals surface area contributed by atoms with Gasteiger partial charge in [-0.2, -0.15) is 0 Å². The van der Waals surface area contributed by atoms with Crippen molar-refractivity contribution in [1.29, 1.82) is 0 Å². The molecule has 2 nitrogen and oxygen atoms in total. The van der Waals surface area contributed by atoms with E-state index in [1.54, 1.807) is 0 Å². The van der Waals surface area contributed by atoms with Gasteiger partial charge in [-0.15, -0.1) is 0 Å². The number of hydrogen-bond acceptors (Lipinski definition) is 2. The first-order chi connectivity index (χ1) is 13.9. The Labute approximate surface area is 160 Å². The van der Waals surface area contributed by atoms with Crippen molar-refractivity contribution < 1.29 is 14.0 Å². The first-order valence-corrected chi connectivity index (χ1v) is 8.84. The van der Waals surface area contributed by atoms with Gasteiger partial charge in [-0.1, -0.05) is 105 Å². The molecule has 2 heteroatoms. The molecule has 3 aromatic rings. The third-order valence-electron chi connectivity index (χ3n) is 4.59. The van der Waals surface area contributed by atoms with Crippen LogP contribution in [0.4, 0.5) is 0 Å². The lowest BCUT2D eigenvalue weighted by Crippen LogP contribution is -2.36. The molecule has 0 saturated carbocycles. The van der Waals surface area contributed by atoms with E-state index >= 15 is 0 Å². The summed E-state index contributed by atoms with van der Waals surface area (Å²) in [5, 5.41) is 10.6. The summed E-state index contributed by atoms with van der Waals surface area (Å²) in [5.74, 6) is -0.900. The molecule has 0 heterocycles. The standard InChI is InChI=1S/C24H26O2/c1-19(2)23(25)18-26-24(20-12-6-3-7-13-20,21-14-8-4-9-15-21)22-16-10-5-11-17-22/h3-17,19,23,25H,18H2,1-2H3/t23-/m0/s1/i1D3/t19?,23-. The zero-order chi connectivity index (χ0) is 20.9. The van der Waals surface area contributed by atoms with Gasteiger partial charge in [0.2, 0.25) is 0 Å². The number of hydrogen-bond donors (Lipinski definition) is 1. The van der Waals surface area contributed by atoms with E-state index in [1.165, 1.54) is 6.92 Å². The molecule has 134 valence electrons. The van der Waals surface area contributed by atoms with Gasteiger partial charge in [0.1, 0.15) is 5.60 Å². The second kappa shape index (κ2) is 8.31. The molecule has 0 spiro atoms. The Morgan fingerprint density at radius 2 is 1.19 bits per heavy atom.